The maximum Gasteiger partial charge on any atom is 0.338 e. The zero-order chi connectivity index (χ0) is 23.0. The summed E-state index contributed by atoms with van der Waals surface area (Å²) in [5, 5.41) is 0. The fourth-order valence-corrected chi connectivity index (χ4v) is 2.95. The molecule has 2 aromatic carbocycles. The first-order valence-electron chi connectivity index (χ1n) is 10.1. The van der Waals surface area contributed by atoms with E-state index in [2.05, 4.69) is 15.0 Å². The van der Waals surface area contributed by atoms with Crippen LogP contribution >= 0.6 is 0 Å². The summed E-state index contributed by atoms with van der Waals surface area (Å²) in [6, 6.07) is 17.2. The SMILES string of the molecule is Nc1ncc2c(ncn2COC(COC(=O)c2ccccc2)COC(=O)c2ccccc2)n1. The maximum absolute atomic E-state index is 12.3. The van der Waals surface area contributed by atoms with Gasteiger partial charge in [-0.2, -0.15) is 4.98 Å². The van der Waals surface area contributed by atoms with E-state index in [1.165, 1.54) is 12.5 Å². The molecule has 0 radical (unpaired) electrons. The molecule has 0 saturated carbocycles. The van der Waals surface area contributed by atoms with Crippen LogP contribution in [0.15, 0.2) is 73.2 Å². The molecule has 0 atom stereocenters. The third-order valence-electron chi connectivity index (χ3n) is 4.67. The van der Waals surface area contributed by atoms with E-state index in [0.29, 0.717) is 22.3 Å². The maximum atomic E-state index is 12.3. The van der Waals surface area contributed by atoms with Gasteiger partial charge in [0.15, 0.2) is 5.65 Å². The van der Waals surface area contributed by atoms with E-state index in [1.54, 1.807) is 65.2 Å². The largest absolute Gasteiger partial charge is 0.459 e. The molecule has 0 saturated heterocycles. The normalized spacial score (nSPS) is 10.9. The predicted octanol–water partition coefficient (Wildman–Crippen LogP) is 2.47. The van der Waals surface area contributed by atoms with Gasteiger partial charge in [-0.25, -0.2) is 19.6 Å². The van der Waals surface area contributed by atoms with Crippen LogP contribution < -0.4 is 5.73 Å². The number of nitrogens with zero attached hydrogens (tertiary/aromatic N) is 4. The summed E-state index contributed by atoms with van der Waals surface area (Å²) in [5.74, 6) is -0.890. The van der Waals surface area contributed by atoms with Crippen molar-refractivity contribution in [2.45, 2.75) is 12.8 Å². The predicted molar refractivity (Wildman–Crippen MR) is 118 cm³/mol. The zero-order valence-corrected chi connectivity index (χ0v) is 17.5. The van der Waals surface area contributed by atoms with Crippen molar-refractivity contribution in [3.05, 3.63) is 84.3 Å². The molecule has 2 heterocycles. The van der Waals surface area contributed by atoms with Crippen LogP contribution in [-0.2, 0) is 20.9 Å². The Labute approximate surface area is 188 Å². The van der Waals surface area contributed by atoms with Gasteiger partial charge in [0, 0.05) is 0 Å². The Kier molecular flexibility index (Phi) is 6.86. The van der Waals surface area contributed by atoms with Gasteiger partial charge in [0.05, 0.1) is 23.7 Å². The van der Waals surface area contributed by atoms with Crippen molar-refractivity contribution in [2.75, 3.05) is 18.9 Å². The summed E-state index contributed by atoms with van der Waals surface area (Å²) in [5.41, 5.74) is 7.45. The molecule has 4 rings (SSSR count). The van der Waals surface area contributed by atoms with Crippen LogP contribution in [0.25, 0.3) is 11.2 Å². The van der Waals surface area contributed by atoms with Gasteiger partial charge in [0.1, 0.15) is 31.6 Å². The number of nitrogens with two attached hydrogens (primary N) is 1. The molecule has 4 aromatic rings. The summed E-state index contributed by atoms with van der Waals surface area (Å²) in [7, 11) is 0. The van der Waals surface area contributed by atoms with Crippen molar-refractivity contribution >= 4 is 29.1 Å². The minimum Gasteiger partial charge on any atom is -0.459 e. The number of fused-ring (bicyclic) bond motifs is 1. The smallest absolute Gasteiger partial charge is 0.338 e. The first-order valence-corrected chi connectivity index (χ1v) is 10.1. The highest BCUT2D eigenvalue weighted by molar-refractivity contribution is 5.89. The number of benzene rings is 2. The van der Waals surface area contributed by atoms with Gasteiger partial charge in [-0.05, 0) is 24.3 Å². The number of rotatable bonds is 9. The zero-order valence-electron chi connectivity index (χ0n) is 17.5. The number of hydrogen-bond acceptors (Lipinski definition) is 9. The van der Waals surface area contributed by atoms with Crippen molar-refractivity contribution in [2.24, 2.45) is 0 Å². The average molecular weight is 447 g/mol. The Hall–Kier alpha value is -4.31. The van der Waals surface area contributed by atoms with Crippen molar-refractivity contribution in [1.82, 2.24) is 19.5 Å². The molecule has 168 valence electrons. The molecule has 0 aliphatic heterocycles. The van der Waals surface area contributed by atoms with Crippen LogP contribution in [-0.4, -0.2) is 50.8 Å². The van der Waals surface area contributed by atoms with Gasteiger partial charge in [0.2, 0.25) is 5.95 Å². The Morgan fingerprint density at radius 3 is 2.03 bits per heavy atom. The Bertz CT molecular complexity index is 1170. The van der Waals surface area contributed by atoms with Gasteiger partial charge in [-0.1, -0.05) is 36.4 Å². The van der Waals surface area contributed by atoms with Crippen LogP contribution in [0, 0.1) is 0 Å². The Balaban J connectivity index is 1.41. The van der Waals surface area contributed by atoms with E-state index in [1.807, 2.05) is 0 Å². The lowest BCUT2D eigenvalue weighted by Crippen LogP contribution is -2.29. The molecule has 0 bridgehead atoms. The van der Waals surface area contributed by atoms with Gasteiger partial charge in [0.25, 0.3) is 0 Å². The number of carbonyl (C=O) groups excluding carboxylic acids is 2. The first-order chi connectivity index (χ1) is 16.1. The molecular weight excluding hydrogens is 426 g/mol. The van der Waals surface area contributed by atoms with Crippen molar-refractivity contribution in [3.8, 4) is 0 Å². The lowest BCUT2D eigenvalue weighted by atomic mass is 10.2. The number of imidazole rings is 1. The molecule has 0 aliphatic carbocycles. The van der Waals surface area contributed by atoms with E-state index in [-0.39, 0.29) is 25.9 Å². The van der Waals surface area contributed by atoms with Crippen LogP contribution in [0.5, 0.6) is 0 Å². The molecular formula is C23H21N5O5. The van der Waals surface area contributed by atoms with Crippen LogP contribution in [0.3, 0.4) is 0 Å². The molecule has 0 aliphatic rings. The third-order valence-corrected chi connectivity index (χ3v) is 4.67. The number of ether oxygens (including phenoxy) is 3. The minimum absolute atomic E-state index is 0.0419. The van der Waals surface area contributed by atoms with Gasteiger partial charge in [-0.3, -0.25) is 0 Å². The van der Waals surface area contributed by atoms with Crippen LogP contribution in [0.4, 0.5) is 5.95 Å². The fourth-order valence-electron chi connectivity index (χ4n) is 2.95. The molecule has 2 N–H and O–H groups in total. The number of aromatic nitrogens is 4. The fraction of sp³-hybridized carbons (Fsp3) is 0.174. The van der Waals surface area contributed by atoms with Crippen molar-refractivity contribution < 1.29 is 23.8 Å². The van der Waals surface area contributed by atoms with E-state index >= 15 is 0 Å². The average Bonchev–Trinajstić information content (AvgIpc) is 3.26. The van der Waals surface area contributed by atoms with E-state index in [9.17, 15) is 9.59 Å². The van der Waals surface area contributed by atoms with E-state index < -0.39 is 18.0 Å². The molecule has 0 unspecified atom stereocenters. The second-order valence-corrected chi connectivity index (χ2v) is 7.00. The molecule has 10 heteroatoms. The molecule has 2 aromatic heterocycles. The number of hydrogen-bond donors (Lipinski definition) is 1. The number of esters is 2. The monoisotopic (exact) mass is 447 g/mol. The van der Waals surface area contributed by atoms with E-state index in [0.717, 1.165) is 0 Å². The molecule has 0 spiro atoms. The molecule has 0 amide bonds. The highest BCUT2D eigenvalue weighted by Crippen LogP contribution is 2.12. The van der Waals surface area contributed by atoms with Crippen molar-refractivity contribution in [3.63, 3.8) is 0 Å². The first kappa shape index (κ1) is 21.9. The number of anilines is 1. The summed E-state index contributed by atoms with van der Waals surface area (Å²) in [4.78, 5) is 36.8. The van der Waals surface area contributed by atoms with Gasteiger partial charge >= 0.3 is 11.9 Å². The van der Waals surface area contributed by atoms with E-state index in [4.69, 9.17) is 19.9 Å². The van der Waals surface area contributed by atoms with Crippen molar-refractivity contribution in [1.29, 1.82) is 0 Å². The number of nitrogen functional groups attached to an aromatic ring is 1. The second-order valence-electron chi connectivity index (χ2n) is 7.00. The highest BCUT2D eigenvalue weighted by Gasteiger charge is 2.18. The van der Waals surface area contributed by atoms with Gasteiger partial charge in [-0.15, -0.1) is 0 Å². The van der Waals surface area contributed by atoms with Gasteiger partial charge < -0.3 is 24.5 Å². The topological polar surface area (TPSA) is 131 Å². The quantitative estimate of drug-likeness (QED) is 0.384. The minimum atomic E-state index is -0.725. The Morgan fingerprint density at radius 1 is 0.879 bits per heavy atom. The standard InChI is InChI=1S/C23H21N5O5/c24-23-25-11-19-20(27-23)26-14-28(19)15-33-18(12-31-21(29)16-7-3-1-4-8-16)13-32-22(30)17-9-5-2-6-10-17/h1-11,14,18H,12-13,15H2,(H2,24,25,27). The molecule has 10 nitrogen and oxygen atoms in total. The second kappa shape index (κ2) is 10.3. The van der Waals surface area contributed by atoms with Crippen LogP contribution in [0.1, 0.15) is 20.7 Å². The summed E-state index contributed by atoms with van der Waals surface area (Å²) in [6.07, 6.45) is 2.34. The molecule has 0 fully saturated rings. The lowest BCUT2D eigenvalue weighted by molar-refractivity contribution is -0.0615. The summed E-state index contributed by atoms with van der Waals surface area (Å²) >= 11 is 0. The van der Waals surface area contributed by atoms with Crippen LogP contribution in [0.2, 0.25) is 0 Å². The summed E-state index contributed by atoms with van der Waals surface area (Å²) < 4.78 is 18.3. The highest BCUT2D eigenvalue weighted by atomic mass is 16.6. The summed E-state index contributed by atoms with van der Waals surface area (Å²) in [6.45, 7) is -0.196. The Morgan fingerprint density at radius 2 is 1.45 bits per heavy atom. The molecule has 33 heavy (non-hydrogen) atoms. The lowest BCUT2D eigenvalue weighted by Gasteiger charge is -2.18. The number of carbonyl (C=O) groups is 2. The third kappa shape index (κ3) is 5.69.